The van der Waals surface area contributed by atoms with Crippen molar-refractivity contribution >= 4 is 40.9 Å². The molecule has 28 heavy (non-hydrogen) atoms. The smallest absolute Gasteiger partial charge is 0.251 e. The van der Waals surface area contributed by atoms with Crippen molar-refractivity contribution < 1.29 is 4.79 Å². The molecule has 1 amide bonds. The van der Waals surface area contributed by atoms with Crippen molar-refractivity contribution in [2.75, 3.05) is 0 Å². The first-order valence-corrected chi connectivity index (χ1v) is 10.4. The van der Waals surface area contributed by atoms with Gasteiger partial charge in [0.05, 0.1) is 6.04 Å². The van der Waals surface area contributed by atoms with Crippen LogP contribution in [0.4, 0.5) is 0 Å². The Morgan fingerprint density at radius 3 is 2.71 bits per heavy atom. The fourth-order valence-electron chi connectivity index (χ4n) is 2.74. The molecular formula is C20H20Cl2N4OS. The number of carbonyl (C=O) groups excluding carboxylic acids is 1. The van der Waals surface area contributed by atoms with E-state index in [0.29, 0.717) is 27.2 Å². The summed E-state index contributed by atoms with van der Waals surface area (Å²) in [6.45, 7) is 3.85. The van der Waals surface area contributed by atoms with E-state index in [4.69, 9.17) is 23.2 Å². The van der Waals surface area contributed by atoms with Crippen LogP contribution in [0.3, 0.4) is 0 Å². The van der Waals surface area contributed by atoms with Gasteiger partial charge >= 0.3 is 0 Å². The molecule has 1 heterocycles. The van der Waals surface area contributed by atoms with Crippen LogP contribution in [0, 0.1) is 6.92 Å². The van der Waals surface area contributed by atoms with Gasteiger partial charge < -0.3 is 9.88 Å². The zero-order valence-corrected chi connectivity index (χ0v) is 18.1. The summed E-state index contributed by atoms with van der Waals surface area (Å²) < 4.78 is 1.88. The summed E-state index contributed by atoms with van der Waals surface area (Å²) in [6.07, 6.45) is 0. The van der Waals surface area contributed by atoms with Crippen molar-refractivity contribution in [1.29, 1.82) is 0 Å². The van der Waals surface area contributed by atoms with Crippen LogP contribution in [-0.4, -0.2) is 20.7 Å². The molecule has 0 radical (unpaired) electrons. The number of hydrogen-bond donors (Lipinski definition) is 1. The summed E-state index contributed by atoms with van der Waals surface area (Å²) in [5, 5.41) is 13.5. The molecule has 0 aliphatic heterocycles. The molecule has 2 aromatic carbocycles. The highest BCUT2D eigenvalue weighted by molar-refractivity contribution is 7.98. The number of amides is 1. The Bertz CT molecular complexity index is 1010. The van der Waals surface area contributed by atoms with Crippen LogP contribution in [-0.2, 0) is 12.8 Å². The summed E-state index contributed by atoms with van der Waals surface area (Å²) in [5.41, 5.74) is 2.64. The van der Waals surface area contributed by atoms with Gasteiger partial charge in [0.15, 0.2) is 11.0 Å². The summed E-state index contributed by atoms with van der Waals surface area (Å²) in [4.78, 5) is 12.5. The first-order chi connectivity index (χ1) is 13.3. The van der Waals surface area contributed by atoms with E-state index < -0.39 is 0 Å². The topological polar surface area (TPSA) is 59.8 Å². The van der Waals surface area contributed by atoms with Gasteiger partial charge in [-0.25, -0.2) is 0 Å². The third-order valence-electron chi connectivity index (χ3n) is 4.26. The van der Waals surface area contributed by atoms with Crippen LogP contribution in [0.5, 0.6) is 0 Å². The van der Waals surface area contributed by atoms with Crippen molar-refractivity contribution in [1.82, 2.24) is 20.1 Å². The third kappa shape index (κ3) is 4.87. The third-order valence-corrected chi connectivity index (χ3v) is 5.91. The molecule has 146 valence electrons. The van der Waals surface area contributed by atoms with E-state index in [1.807, 2.05) is 55.8 Å². The number of benzene rings is 2. The Balaban J connectivity index is 1.67. The van der Waals surface area contributed by atoms with Crippen LogP contribution in [0.15, 0.2) is 47.6 Å². The lowest BCUT2D eigenvalue weighted by Gasteiger charge is -2.14. The van der Waals surface area contributed by atoms with Crippen LogP contribution in [0.25, 0.3) is 0 Å². The Morgan fingerprint density at radius 2 is 2.00 bits per heavy atom. The number of nitrogens with one attached hydrogen (secondary N) is 1. The molecule has 0 aliphatic carbocycles. The second kappa shape index (κ2) is 8.99. The minimum absolute atomic E-state index is 0.138. The molecule has 0 spiro atoms. The SMILES string of the molecule is Cc1cccc(C(=O)NC(C)c2nnc(SCc3ccc(Cl)cc3Cl)n2C)c1. The molecule has 1 N–H and O–H groups in total. The van der Waals surface area contributed by atoms with E-state index in [-0.39, 0.29) is 11.9 Å². The average molecular weight is 435 g/mol. The fraction of sp³-hybridized carbons (Fsp3) is 0.250. The number of carbonyl (C=O) groups is 1. The van der Waals surface area contributed by atoms with Crippen molar-refractivity contribution in [3.63, 3.8) is 0 Å². The molecule has 1 aromatic heterocycles. The molecule has 0 bridgehead atoms. The minimum atomic E-state index is -0.279. The number of rotatable bonds is 6. The van der Waals surface area contributed by atoms with E-state index in [9.17, 15) is 4.79 Å². The Morgan fingerprint density at radius 1 is 1.21 bits per heavy atom. The Kier molecular flexibility index (Phi) is 6.65. The van der Waals surface area contributed by atoms with Gasteiger partial charge in [-0.15, -0.1) is 10.2 Å². The second-order valence-corrected chi connectivity index (χ2v) is 8.27. The number of nitrogens with zero attached hydrogens (tertiary/aromatic N) is 3. The van der Waals surface area contributed by atoms with E-state index in [1.165, 1.54) is 11.8 Å². The number of aryl methyl sites for hydroxylation is 1. The normalized spacial score (nSPS) is 12.0. The van der Waals surface area contributed by atoms with Crippen molar-refractivity contribution in [2.24, 2.45) is 7.05 Å². The zero-order chi connectivity index (χ0) is 20.3. The molecule has 0 aliphatic rings. The standard InChI is InChI=1S/C20H20Cl2N4OS/c1-12-5-4-6-14(9-12)19(27)23-13(2)18-24-25-20(26(18)3)28-11-15-7-8-16(21)10-17(15)22/h4-10,13H,11H2,1-3H3,(H,23,27). The van der Waals surface area contributed by atoms with E-state index in [2.05, 4.69) is 15.5 Å². The fourth-order valence-corrected chi connectivity index (χ4v) is 4.22. The largest absolute Gasteiger partial charge is 0.342 e. The number of hydrogen-bond acceptors (Lipinski definition) is 4. The highest BCUT2D eigenvalue weighted by Crippen LogP contribution is 2.28. The first-order valence-electron chi connectivity index (χ1n) is 8.68. The van der Waals surface area contributed by atoms with Crippen molar-refractivity contribution in [2.45, 2.75) is 30.8 Å². The zero-order valence-electron chi connectivity index (χ0n) is 15.7. The molecule has 0 saturated carbocycles. The van der Waals surface area contributed by atoms with Crippen LogP contribution in [0.1, 0.15) is 40.3 Å². The van der Waals surface area contributed by atoms with E-state index >= 15 is 0 Å². The predicted molar refractivity (Wildman–Crippen MR) is 114 cm³/mol. The highest BCUT2D eigenvalue weighted by atomic mass is 35.5. The van der Waals surface area contributed by atoms with E-state index in [1.54, 1.807) is 12.1 Å². The molecule has 3 aromatic rings. The second-order valence-electron chi connectivity index (χ2n) is 6.49. The molecule has 0 saturated heterocycles. The lowest BCUT2D eigenvalue weighted by molar-refractivity contribution is 0.0937. The summed E-state index contributed by atoms with van der Waals surface area (Å²) in [6, 6.07) is 12.6. The summed E-state index contributed by atoms with van der Waals surface area (Å²) in [7, 11) is 1.89. The highest BCUT2D eigenvalue weighted by Gasteiger charge is 2.18. The molecular weight excluding hydrogens is 415 g/mol. The monoisotopic (exact) mass is 434 g/mol. The predicted octanol–water partition coefficient (Wildman–Crippen LogP) is 5.21. The molecule has 0 fully saturated rings. The van der Waals surface area contributed by atoms with Gasteiger partial charge in [-0.2, -0.15) is 0 Å². The quantitative estimate of drug-likeness (QED) is 0.540. The van der Waals surface area contributed by atoms with Crippen LogP contribution >= 0.6 is 35.0 Å². The molecule has 5 nitrogen and oxygen atoms in total. The molecule has 3 rings (SSSR count). The van der Waals surface area contributed by atoms with Gasteiger partial charge in [0.1, 0.15) is 0 Å². The number of thioether (sulfide) groups is 1. The maximum Gasteiger partial charge on any atom is 0.251 e. The molecule has 8 heteroatoms. The number of aromatic nitrogens is 3. The molecule has 1 atom stereocenters. The maximum absolute atomic E-state index is 12.5. The molecule has 1 unspecified atom stereocenters. The Labute approximate surface area is 178 Å². The summed E-state index contributed by atoms with van der Waals surface area (Å²) in [5.74, 6) is 1.19. The minimum Gasteiger partial charge on any atom is -0.342 e. The average Bonchev–Trinajstić information content (AvgIpc) is 3.01. The maximum atomic E-state index is 12.5. The van der Waals surface area contributed by atoms with Gasteiger partial charge in [0, 0.05) is 28.4 Å². The lowest BCUT2D eigenvalue weighted by atomic mass is 10.1. The van der Waals surface area contributed by atoms with Crippen molar-refractivity contribution in [3.05, 3.63) is 75.0 Å². The lowest BCUT2D eigenvalue weighted by Crippen LogP contribution is -2.28. The Hall–Kier alpha value is -2.02. The van der Waals surface area contributed by atoms with Gasteiger partial charge in [-0.1, -0.05) is 58.7 Å². The van der Waals surface area contributed by atoms with E-state index in [0.717, 1.165) is 16.3 Å². The van der Waals surface area contributed by atoms with Gasteiger partial charge in [-0.3, -0.25) is 4.79 Å². The van der Waals surface area contributed by atoms with Gasteiger partial charge in [0.25, 0.3) is 5.91 Å². The van der Waals surface area contributed by atoms with Crippen molar-refractivity contribution in [3.8, 4) is 0 Å². The van der Waals surface area contributed by atoms with Crippen LogP contribution in [0.2, 0.25) is 10.0 Å². The summed E-state index contributed by atoms with van der Waals surface area (Å²) >= 11 is 13.7. The van der Waals surface area contributed by atoms with Gasteiger partial charge in [0.2, 0.25) is 0 Å². The van der Waals surface area contributed by atoms with Crippen LogP contribution < -0.4 is 5.32 Å². The van der Waals surface area contributed by atoms with Gasteiger partial charge in [-0.05, 0) is 43.7 Å². The first kappa shape index (κ1) is 20.7. The number of halogens is 2.